The van der Waals surface area contributed by atoms with Gasteiger partial charge in [0.15, 0.2) is 0 Å². The first-order chi connectivity index (χ1) is 10.9. The summed E-state index contributed by atoms with van der Waals surface area (Å²) >= 11 is 1.71. The molecule has 0 aromatic carbocycles. The van der Waals surface area contributed by atoms with Crippen molar-refractivity contribution in [1.82, 2.24) is 10.2 Å². The molecule has 0 saturated carbocycles. The number of carbonyl (C=O) groups excluding carboxylic acids is 2. The van der Waals surface area contributed by atoms with Crippen LogP contribution in [0.25, 0.3) is 0 Å². The lowest BCUT2D eigenvalue weighted by Crippen LogP contribution is -2.51. The second kappa shape index (κ2) is 7.12. The molecule has 0 bridgehead atoms. The Morgan fingerprint density at radius 1 is 1.39 bits per heavy atom. The fraction of sp³-hybridized carbons (Fsp3) is 0.562. The molecule has 1 aliphatic rings. The van der Waals surface area contributed by atoms with Gasteiger partial charge in [0.05, 0.1) is 0 Å². The summed E-state index contributed by atoms with van der Waals surface area (Å²) in [6, 6.07) is 2.03. The average Bonchev–Trinajstić information content (AvgIpc) is 2.99. The van der Waals surface area contributed by atoms with Gasteiger partial charge in [-0.25, -0.2) is 4.79 Å². The van der Waals surface area contributed by atoms with Gasteiger partial charge in [-0.2, -0.15) is 0 Å². The second-order valence-electron chi connectivity index (χ2n) is 5.97. The Hall–Kier alpha value is -1.89. The van der Waals surface area contributed by atoms with E-state index in [2.05, 4.69) is 5.32 Å². The minimum atomic E-state index is -1.28. The normalized spacial score (nSPS) is 16.3. The quantitative estimate of drug-likeness (QED) is 0.828. The van der Waals surface area contributed by atoms with Crippen molar-refractivity contribution in [2.75, 3.05) is 6.54 Å². The zero-order chi connectivity index (χ0) is 17.0. The summed E-state index contributed by atoms with van der Waals surface area (Å²) in [7, 11) is 0. The van der Waals surface area contributed by atoms with Crippen LogP contribution in [-0.2, 0) is 27.3 Å². The maximum atomic E-state index is 12.2. The van der Waals surface area contributed by atoms with Crippen molar-refractivity contribution in [3.8, 4) is 0 Å². The minimum absolute atomic E-state index is 0.00863. The summed E-state index contributed by atoms with van der Waals surface area (Å²) in [5.74, 6) is -1.54. The van der Waals surface area contributed by atoms with Crippen LogP contribution in [-0.4, -0.2) is 39.9 Å². The highest BCUT2D eigenvalue weighted by Crippen LogP contribution is 2.24. The molecular weight excluding hydrogens is 316 g/mol. The zero-order valence-electron chi connectivity index (χ0n) is 13.4. The number of fused-ring (bicyclic) bond motifs is 1. The van der Waals surface area contributed by atoms with E-state index in [1.165, 1.54) is 17.4 Å². The Bertz CT molecular complexity index is 613. The van der Waals surface area contributed by atoms with Crippen molar-refractivity contribution in [2.24, 2.45) is 0 Å². The molecular formula is C16H22N2O4S. The summed E-state index contributed by atoms with van der Waals surface area (Å²) < 4.78 is 0. The van der Waals surface area contributed by atoms with Crippen molar-refractivity contribution in [3.63, 3.8) is 0 Å². The first-order valence-electron chi connectivity index (χ1n) is 7.73. The van der Waals surface area contributed by atoms with E-state index in [4.69, 9.17) is 5.11 Å². The van der Waals surface area contributed by atoms with E-state index < -0.39 is 17.4 Å². The summed E-state index contributed by atoms with van der Waals surface area (Å²) in [6.07, 6.45) is 1.26. The summed E-state index contributed by atoms with van der Waals surface area (Å²) in [6.45, 7) is 4.44. The molecule has 2 heterocycles. The standard InChI is InChI=1S/C16H22N2O4S/c1-3-16(2,15(21)22)17-13(19)4-5-14(20)18-8-6-12-11(10-18)7-9-23-12/h7,9H,3-6,8,10H2,1-2H3,(H,17,19)(H,21,22). The van der Waals surface area contributed by atoms with Gasteiger partial charge in [0.2, 0.25) is 11.8 Å². The van der Waals surface area contributed by atoms with Crippen LogP contribution in [0.5, 0.6) is 0 Å². The lowest BCUT2D eigenvalue weighted by molar-refractivity contribution is -0.147. The maximum absolute atomic E-state index is 12.2. The second-order valence-corrected chi connectivity index (χ2v) is 6.97. The molecule has 0 aliphatic carbocycles. The Balaban J connectivity index is 1.83. The van der Waals surface area contributed by atoms with Gasteiger partial charge in [-0.15, -0.1) is 11.3 Å². The van der Waals surface area contributed by atoms with Gasteiger partial charge in [-0.1, -0.05) is 6.92 Å². The molecule has 2 amide bonds. The van der Waals surface area contributed by atoms with Crippen LogP contribution in [0.1, 0.15) is 43.6 Å². The number of nitrogens with one attached hydrogen (secondary N) is 1. The lowest BCUT2D eigenvalue weighted by Gasteiger charge is -2.27. The fourth-order valence-corrected chi connectivity index (χ4v) is 3.39. The predicted octanol–water partition coefficient (Wildman–Crippen LogP) is 1.78. The van der Waals surface area contributed by atoms with Gasteiger partial charge in [-0.05, 0) is 36.8 Å². The summed E-state index contributed by atoms with van der Waals surface area (Å²) in [5, 5.41) is 13.7. The molecule has 0 saturated heterocycles. The smallest absolute Gasteiger partial charge is 0.329 e. The lowest BCUT2D eigenvalue weighted by atomic mass is 9.99. The van der Waals surface area contributed by atoms with Crippen LogP contribution in [0.4, 0.5) is 0 Å². The van der Waals surface area contributed by atoms with E-state index in [1.807, 2.05) is 11.4 Å². The van der Waals surface area contributed by atoms with Crippen LogP contribution >= 0.6 is 11.3 Å². The molecule has 0 radical (unpaired) electrons. The number of aliphatic carboxylic acids is 1. The molecule has 6 nitrogen and oxygen atoms in total. The largest absolute Gasteiger partial charge is 0.480 e. The number of carbonyl (C=O) groups is 3. The van der Waals surface area contributed by atoms with Gasteiger partial charge in [0.25, 0.3) is 0 Å². The number of nitrogens with zero attached hydrogens (tertiary/aromatic N) is 1. The first kappa shape index (κ1) is 17.5. The fourth-order valence-electron chi connectivity index (χ4n) is 2.50. The van der Waals surface area contributed by atoms with Crippen LogP contribution in [0.15, 0.2) is 11.4 Å². The third-order valence-electron chi connectivity index (χ3n) is 4.32. The Kier molecular flexibility index (Phi) is 5.41. The molecule has 0 fully saturated rings. The average molecular weight is 338 g/mol. The van der Waals surface area contributed by atoms with E-state index in [-0.39, 0.29) is 25.2 Å². The van der Waals surface area contributed by atoms with E-state index >= 15 is 0 Å². The van der Waals surface area contributed by atoms with Crippen LogP contribution in [0, 0.1) is 0 Å². The van der Waals surface area contributed by atoms with E-state index in [1.54, 1.807) is 23.2 Å². The van der Waals surface area contributed by atoms with Crippen molar-refractivity contribution < 1.29 is 19.5 Å². The highest BCUT2D eigenvalue weighted by Gasteiger charge is 2.32. The molecule has 1 unspecified atom stereocenters. The van der Waals surface area contributed by atoms with Crippen molar-refractivity contribution >= 4 is 29.1 Å². The SMILES string of the molecule is CCC(C)(NC(=O)CCC(=O)N1CCc2sccc2C1)C(=O)O. The number of hydrogen-bond acceptors (Lipinski definition) is 4. The van der Waals surface area contributed by atoms with Crippen molar-refractivity contribution in [2.45, 2.75) is 51.6 Å². The van der Waals surface area contributed by atoms with Gasteiger partial charge in [0, 0.05) is 30.8 Å². The maximum Gasteiger partial charge on any atom is 0.329 e. The Morgan fingerprint density at radius 2 is 2.13 bits per heavy atom. The van der Waals surface area contributed by atoms with E-state index in [0.29, 0.717) is 13.1 Å². The highest BCUT2D eigenvalue weighted by molar-refractivity contribution is 7.10. The zero-order valence-corrected chi connectivity index (χ0v) is 14.2. The molecule has 2 N–H and O–H groups in total. The molecule has 0 spiro atoms. The summed E-state index contributed by atoms with van der Waals surface area (Å²) in [4.78, 5) is 38.4. The molecule has 2 rings (SSSR count). The van der Waals surface area contributed by atoms with Gasteiger partial charge in [-0.3, -0.25) is 9.59 Å². The third-order valence-corrected chi connectivity index (χ3v) is 5.34. The summed E-state index contributed by atoms with van der Waals surface area (Å²) in [5.41, 5.74) is -0.0971. The van der Waals surface area contributed by atoms with Crippen LogP contribution in [0.3, 0.4) is 0 Å². The molecule has 1 atom stereocenters. The van der Waals surface area contributed by atoms with Gasteiger partial charge in [0.1, 0.15) is 5.54 Å². The van der Waals surface area contributed by atoms with Crippen molar-refractivity contribution in [3.05, 3.63) is 21.9 Å². The molecule has 126 valence electrons. The highest BCUT2D eigenvalue weighted by atomic mass is 32.1. The van der Waals surface area contributed by atoms with E-state index in [9.17, 15) is 14.4 Å². The molecule has 7 heteroatoms. The van der Waals surface area contributed by atoms with Crippen molar-refractivity contribution in [1.29, 1.82) is 0 Å². The topological polar surface area (TPSA) is 86.7 Å². The third kappa shape index (κ3) is 4.10. The Labute approximate surface area is 139 Å². The minimum Gasteiger partial charge on any atom is -0.480 e. The molecule has 1 aromatic heterocycles. The number of amides is 2. The van der Waals surface area contributed by atoms with E-state index in [0.717, 1.165) is 6.42 Å². The van der Waals surface area contributed by atoms with Crippen LogP contribution in [0.2, 0.25) is 0 Å². The number of carboxylic acids is 1. The van der Waals surface area contributed by atoms with Gasteiger partial charge < -0.3 is 15.3 Å². The number of rotatable bonds is 6. The molecule has 1 aromatic rings. The van der Waals surface area contributed by atoms with Gasteiger partial charge >= 0.3 is 5.97 Å². The first-order valence-corrected chi connectivity index (χ1v) is 8.61. The molecule has 23 heavy (non-hydrogen) atoms. The Morgan fingerprint density at radius 3 is 2.78 bits per heavy atom. The number of hydrogen-bond donors (Lipinski definition) is 2. The van der Waals surface area contributed by atoms with Crippen LogP contribution < -0.4 is 5.32 Å². The molecule has 1 aliphatic heterocycles. The predicted molar refractivity (Wildman–Crippen MR) is 87.1 cm³/mol. The number of carboxylic acid groups (broad SMARTS) is 1. The number of thiophene rings is 1. The monoisotopic (exact) mass is 338 g/mol.